The Labute approximate surface area is 331 Å². The molecule has 0 unspecified atom stereocenters. The Morgan fingerprint density at radius 1 is 0.709 bits per heavy atom. The average Bonchev–Trinajstić information content (AvgIpc) is 3.88. The molecule has 5 nitrogen and oxygen atoms in total. The lowest BCUT2D eigenvalue weighted by atomic mass is 9.88. The summed E-state index contributed by atoms with van der Waals surface area (Å²) in [6.07, 6.45) is 0. The van der Waals surface area contributed by atoms with E-state index in [1.54, 1.807) is 42.5 Å². The summed E-state index contributed by atoms with van der Waals surface area (Å²) in [6.45, 7) is 10.6. The van der Waals surface area contributed by atoms with Crippen LogP contribution in [0.2, 0.25) is 19.6 Å². The fourth-order valence-electron chi connectivity index (χ4n) is 8.07. The molecule has 6 aromatic carbocycles. The second-order valence-electron chi connectivity index (χ2n) is 16.3. The first kappa shape index (κ1) is 28.5. The van der Waals surface area contributed by atoms with Gasteiger partial charge in [-0.1, -0.05) is 95.0 Å². The first-order valence-electron chi connectivity index (χ1n) is 21.8. The van der Waals surface area contributed by atoms with Gasteiger partial charge in [-0.25, -0.2) is 4.98 Å². The molecule has 0 aliphatic heterocycles. The smallest absolute Gasteiger partial charge is 0.149 e. The van der Waals surface area contributed by atoms with Crippen molar-refractivity contribution in [2.45, 2.75) is 72.9 Å². The van der Waals surface area contributed by atoms with Gasteiger partial charge >= 0.3 is 0 Å². The molecule has 0 amide bonds. The summed E-state index contributed by atoms with van der Waals surface area (Å²) in [7, 11) is -1.52. The highest BCUT2D eigenvalue weighted by molar-refractivity contribution is 6.88. The molecule has 0 saturated carbocycles. The van der Waals surface area contributed by atoms with Crippen LogP contribution in [0.25, 0.3) is 83.1 Å². The van der Waals surface area contributed by atoms with Crippen LogP contribution in [-0.2, 0) is 0 Å². The van der Waals surface area contributed by atoms with Gasteiger partial charge in [-0.2, -0.15) is 5.26 Å². The molecule has 6 heteroatoms. The van der Waals surface area contributed by atoms with Gasteiger partial charge in [0.25, 0.3) is 0 Å². The van der Waals surface area contributed by atoms with Crippen molar-refractivity contribution in [3.05, 3.63) is 125 Å². The molecule has 272 valence electrons. The summed E-state index contributed by atoms with van der Waals surface area (Å²) >= 11 is 0. The molecule has 9 aromatic rings. The molecule has 0 aliphatic rings. The maximum absolute atomic E-state index is 9.51. The Morgan fingerprint density at radius 3 is 2.07 bits per heavy atom. The van der Waals surface area contributed by atoms with Crippen molar-refractivity contribution in [1.29, 1.82) is 5.26 Å². The van der Waals surface area contributed by atoms with Gasteiger partial charge in [-0.3, -0.25) is 4.57 Å². The molecule has 0 radical (unpaired) electrons. The summed E-state index contributed by atoms with van der Waals surface area (Å²) in [5.41, 5.74) is 9.07. The molecule has 0 spiro atoms. The van der Waals surface area contributed by atoms with E-state index in [2.05, 4.69) is 89.8 Å². The predicted octanol–water partition coefficient (Wildman–Crippen LogP) is 13.4. The normalized spacial score (nSPS) is 14.5. The van der Waals surface area contributed by atoms with Gasteiger partial charge in [-0.15, -0.1) is 0 Å². The zero-order valence-electron chi connectivity index (χ0n) is 38.1. The van der Waals surface area contributed by atoms with Gasteiger partial charge in [0, 0.05) is 29.8 Å². The van der Waals surface area contributed by atoms with Crippen LogP contribution >= 0.6 is 0 Å². The lowest BCUT2D eigenvalue weighted by molar-refractivity contribution is 0.664. The molecular formula is C49H45N3O2Si. The number of aryl methyl sites for hydroxylation is 2. The summed E-state index contributed by atoms with van der Waals surface area (Å²) in [5.74, 6) is 0.456. The van der Waals surface area contributed by atoms with Gasteiger partial charge in [0.1, 0.15) is 28.2 Å². The summed E-state index contributed by atoms with van der Waals surface area (Å²) in [4.78, 5) is 5.23. The number of para-hydroxylation sites is 1. The van der Waals surface area contributed by atoms with E-state index in [9.17, 15) is 5.26 Å². The number of benzene rings is 6. The van der Waals surface area contributed by atoms with Crippen molar-refractivity contribution in [3.63, 3.8) is 0 Å². The Morgan fingerprint density at radius 2 is 1.40 bits per heavy atom. The number of nitrogens with zero attached hydrogens (tertiary/aromatic N) is 3. The number of hydrogen-bond donors (Lipinski definition) is 0. The molecule has 55 heavy (non-hydrogen) atoms. The SMILES string of the molecule is [2H]C([2H])([2H])c1ccc(-c2nc3cccc(C([2H])([2H])[2H])c3n2-c2c(C(C)C)cc(-c3ccc([Si](C)(C)C)cc3)cc2C(C)C)c2oc3cc4c(cc3c12)oc1cc(C#N)ccc14. The third-order valence-corrected chi connectivity index (χ3v) is 13.0. The Bertz CT molecular complexity index is 3250. The number of nitriles is 1. The number of hydrogen-bond acceptors (Lipinski definition) is 4. The second kappa shape index (κ2) is 12.6. The number of furan rings is 2. The van der Waals surface area contributed by atoms with Crippen LogP contribution in [0.4, 0.5) is 0 Å². The Kier molecular flexibility index (Phi) is 6.52. The van der Waals surface area contributed by atoms with Crippen molar-refractivity contribution >= 4 is 68.2 Å². The highest BCUT2D eigenvalue weighted by atomic mass is 28.3. The van der Waals surface area contributed by atoms with Crippen molar-refractivity contribution in [3.8, 4) is 34.3 Å². The van der Waals surface area contributed by atoms with E-state index in [0.29, 0.717) is 61.1 Å². The largest absolute Gasteiger partial charge is 0.456 e. The fraction of sp³-hybridized carbons (Fsp3) is 0.224. The van der Waals surface area contributed by atoms with Crippen molar-refractivity contribution in [2.24, 2.45) is 0 Å². The van der Waals surface area contributed by atoms with Crippen molar-refractivity contribution in [1.82, 2.24) is 9.55 Å². The molecule has 3 aromatic heterocycles. The topological polar surface area (TPSA) is 67.9 Å². The quantitative estimate of drug-likeness (QED) is 0.159. The fourth-order valence-corrected chi connectivity index (χ4v) is 9.23. The van der Waals surface area contributed by atoms with E-state index >= 15 is 0 Å². The van der Waals surface area contributed by atoms with Crippen LogP contribution in [0.3, 0.4) is 0 Å². The molecule has 9 rings (SSSR count). The van der Waals surface area contributed by atoms with Crippen LogP contribution in [0.15, 0.2) is 106 Å². The van der Waals surface area contributed by atoms with Gasteiger partial charge in [-0.05, 0) is 114 Å². The first-order chi connectivity index (χ1) is 28.7. The first-order valence-corrected chi connectivity index (χ1v) is 22.3. The predicted molar refractivity (Wildman–Crippen MR) is 232 cm³/mol. The summed E-state index contributed by atoms with van der Waals surface area (Å²) in [5, 5.41) is 13.4. The van der Waals surface area contributed by atoms with Gasteiger partial charge in [0.15, 0.2) is 0 Å². The summed E-state index contributed by atoms with van der Waals surface area (Å²) < 4.78 is 67.2. The van der Waals surface area contributed by atoms with E-state index in [0.717, 1.165) is 38.7 Å². The van der Waals surface area contributed by atoms with Crippen molar-refractivity contribution < 1.29 is 17.1 Å². The van der Waals surface area contributed by atoms with E-state index in [-0.39, 0.29) is 23.0 Å². The molecule has 3 heterocycles. The van der Waals surface area contributed by atoms with Crippen LogP contribution in [0.5, 0.6) is 0 Å². The van der Waals surface area contributed by atoms with Crippen molar-refractivity contribution in [2.75, 3.05) is 0 Å². The highest BCUT2D eigenvalue weighted by Crippen LogP contribution is 2.45. The number of aromatic nitrogens is 2. The zero-order chi connectivity index (χ0) is 43.5. The standard InChI is InChI=1S/C49H45N3O2Si/c1-27(2)37-22-33(32-15-17-34(18-16-32)55(7,8)9)23-38(28(3)4)47(37)52-46-30(6)11-10-12-41(46)51-49(52)36-19-13-29(5)45-40-25-43-39(24-44(40)54-48(36)45)35-20-14-31(26-50)21-42(35)53-43/h10-25,27-28H,1-9H3/i5D3,6D3. The maximum atomic E-state index is 9.51. The molecule has 0 N–H and O–H groups in total. The Balaban J connectivity index is 1.39. The van der Waals surface area contributed by atoms with E-state index in [1.165, 1.54) is 5.19 Å². The van der Waals surface area contributed by atoms with Crippen LogP contribution < -0.4 is 5.19 Å². The average molecular weight is 742 g/mol. The molecule has 0 aliphatic carbocycles. The van der Waals surface area contributed by atoms with Crippen LogP contribution in [-0.4, -0.2) is 17.6 Å². The molecular weight excluding hydrogens is 691 g/mol. The zero-order valence-corrected chi connectivity index (χ0v) is 33.1. The molecule has 0 bridgehead atoms. The minimum absolute atomic E-state index is 0.0117. The highest BCUT2D eigenvalue weighted by Gasteiger charge is 2.27. The minimum Gasteiger partial charge on any atom is -0.456 e. The number of fused-ring (bicyclic) bond motifs is 7. The molecule has 0 fully saturated rings. The van der Waals surface area contributed by atoms with E-state index in [1.807, 2.05) is 22.8 Å². The Hall–Kier alpha value is -5.90. The monoisotopic (exact) mass is 741 g/mol. The minimum atomic E-state index is -2.51. The molecule has 0 saturated heterocycles. The van der Waals surface area contributed by atoms with Gasteiger partial charge < -0.3 is 8.83 Å². The second-order valence-corrected chi connectivity index (χ2v) is 21.4. The number of imidazole rings is 1. The third kappa shape index (κ3) is 5.52. The lowest BCUT2D eigenvalue weighted by Gasteiger charge is -2.25. The van der Waals surface area contributed by atoms with E-state index < -0.39 is 21.8 Å². The van der Waals surface area contributed by atoms with Gasteiger partial charge in [0.2, 0.25) is 0 Å². The van der Waals surface area contributed by atoms with Crippen LogP contribution in [0, 0.1) is 25.0 Å². The number of rotatable bonds is 6. The van der Waals surface area contributed by atoms with Crippen LogP contribution in [0.1, 0.15) is 75.6 Å². The molecule has 0 atom stereocenters. The van der Waals surface area contributed by atoms with E-state index in [4.69, 9.17) is 22.0 Å². The lowest BCUT2D eigenvalue weighted by Crippen LogP contribution is -2.37. The maximum Gasteiger partial charge on any atom is 0.149 e. The summed E-state index contributed by atoms with van der Waals surface area (Å²) in [6, 6.07) is 32.9. The third-order valence-electron chi connectivity index (χ3n) is 11.0. The van der Waals surface area contributed by atoms with Gasteiger partial charge in [0.05, 0.1) is 42.0 Å².